The molecule has 1 amide bonds. The average molecular weight is 209 g/mol. The molecule has 0 atom stereocenters. The van der Waals surface area contributed by atoms with Crippen LogP contribution >= 0.6 is 0 Å². The summed E-state index contributed by atoms with van der Waals surface area (Å²) in [6.07, 6.45) is 4.80. The van der Waals surface area contributed by atoms with Gasteiger partial charge in [-0.3, -0.25) is 4.79 Å². The highest BCUT2D eigenvalue weighted by Crippen LogP contribution is 2.17. The van der Waals surface area contributed by atoms with Gasteiger partial charge in [-0.25, -0.2) is 0 Å². The van der Waals surface area contributed by atoms with Gasteiger partial charge in [-0.15, -0.1) is 0 Å². The second-order valence-electron chi connectivity index (χ2n) is 3.96. The van der Waals surface area contributed by atoms with Crippen LogP contribution in [0.4, 0.5) is 0 Å². The van der Waals surface area contributed by atoms with Crippen LogP contribution in [0.3, 0.4) is 0 Å². The highest BCUT2D eigenvalue weighted by atomic mass is 16.5. The van der Waals surface area contributed by atoms with Gasteiger partial charge < -0.3 is 9.84 Å². The first-order valence-corrected chi connectivity index (χ1v) is 5.32. The number of amides is 1. The SMILES string of the molecule is Cc1noc(CC(=O)NC2CCCC2)n1. The zero-order valence-corrected chi connectivity index (χ0v) is 8.82. The molecule has 15 heavy (non-hydrogen) atoms. The third-order valence-corrected chi connectivity index (χ3v) is 2.60. The molecule has 1 aromatic rings. The van der Waals surface area contributed by atoms with Gasteiger partial charge in [0.25, 0.3) is 0 Å². The molecule has 0 aromatic carbocycles. The van der Waals surface area contributed by atoms with Gasteiger partial charge in [0.1, 0.15) is 6.42 Å². The fourth-order valence-corrected chi connectivity index (χ4v) is 1.90. The predicted octanol–water partition coefficient (Wildman–Crippen LogP) is 0.979. The average Bonchev–Trinajstić information content (AvgIpc) is 2.77. The first kappa shape index (κ1) is 10.1. The third-order valence-electron chi connectivity index (χ3n) is 2.60. The number of aromatic nitrogens is 2. The van der Waals surface area contributed by atoms with E-state index in [4.69, 9.17) is 4.52 Å². The number of nitrogens with one attached hydrogen (secondary N) is 1. The van der Waals surface area contributed by atoms with Gasteiger partial charge in [0, 0.05) is 6.04 Å². The van der Waals surface area contributed by atoms with E-state index in [-0.39, 0.29) is 12.3 Å². The van der Waals surface area contributed by atoms with Crippen molar-refractivity contribution in [3.05, 3.63) is 11.7 Å². The number of aryl methyl sites for hydroxylation is 1. The molecule has 1 aromatic heterocycles. The van der Waals surface area contributed by atoms with E-state index in [0.717, 1.165) is 12.8 Å². The van der Waals surface area contributed by atoms with Gasteiger partial charge in [0.05, 0.1) is 0 Å². The molecule has 2 rings (SSSR count). The molecule has 0 bridgehead atoms. The number of rotatable bonds is 3. The molecule has 1 N–H and O–H groups in total. The summed E-state index contributed by atoms with van der Waals surface area (Å²) in [7, 11) is 0. The molecule has 0 aliphatic heterocycles. The van der Waals surface area contributed by atoms with E-state index in [0.29, 0.717) is 17.8 Å². The van der Waals surface area contributed by atoms with E-state index in [1.165, 1.54) is 12.8 Å². The van der Waals surface area contributed by atoms with Crippen molar-refractivity contribution in [1.29, 1.82) is 0 Å². The first-order chi connectivity index (χ1) is 7.24. The molecule has 1 heterocycles. The monoisotopic (exact) mass is 209 g/mol. The molecular formula is C10H15N3O2. The Morgan fingerprint density at radius 2 is 2.27 bits per heavy atom. The summed E-state index contributed by atoms with van der Waals surface area (Å²) in [5.41, 5.74) is 0. The van der Waals surface area contributed by atoms with Gasteiger partial charge in [-0.2, -0.15) is 4.98 Å². The smallest absolute Gasteiger partial charge is 0.236 e. The van der Waals surface area contributed by atoms with Crippen LogP contribution in [-0.4, -0.2) is 22.1 Å². The zero-order valence-electron chi connectivity index (χ0n) is 8.82. The Kier molecular flexibility index (Phi) is 2.99. The molecule has 0 spiro atoms. The van der Waals surface area contributed by atoms with Crippen molar-refractivity contribution in [2.24, 2.45) is 0 Å². The molecule has 0 saturated heterocycles. The van der Waals surface area contributed by atoms with Crippen LogP contribution in [0, 0.1) is 6.92 Å². The van der Waals surface area contributed by atoms with E-state index in [1.54, 1.807) is 6.92 Å². The van der Waals surface area contributed by atoms with Crippen LogP contribution in [0.5, 0.6) is 0 Å². The van der Waals surface area contributed by atoms with Gasteiger partial charge in [0.15, 0.2) is 5.82 Å². The minimum atomic E-state index is -0.0226. The van der Waals surface area contributed by atoms with Crippen LogP contribution in [-0.2, 0) is 11.2 Å². The van der Waals surface area contributed by atoms with Crippen molar-refractivity contribution in [1.82, 2.24) is 15.5 Å². The lowest BCUT2D eigenvalue weighted by molar-refractivity contribution is -0.121. The lowest BCUT2D eigenvalue weighted by Crippen LogP contribution is -2.33. The molecule has 1 fully saturated rings. The van der Waals surface area contributed by atoms with Crippen LogP contribution in [0.1, 0.15) is 37.4 Å². The molecule has 1 saturated carbocycles. The number of carbonyl (C=O) groups is 1. The van der Waals surface area contributed by atoms with E-state index in [1.807, 2.05) is 0 Å². The Labute approximate surface area is 88.2 Å². The molecule has 5 heteroatoms. The normalized spacial score (nSPS) is 16.9. The Hall–Kier alpha value is -1.39. The van der Waals surface area contributed by atoms with E-state index < -0.39 is 0 Å². The summed E-state index contributed by atoms with van der Waals surface area (Å²) in [5.74, 6) is 0.937. The first-order valence-electron chi connectivity index (χ1n) is 5.32. The van der Waals surface area contributed by atoms with E-state index in [9.17, 15) is 4.79 Å². The standard InChI is InChI=1S/C10H15N3O2/c1-7-11-10(15-13-7)6-9(14)12-8-4-2-3-5-8/h8H,2-6H2,1H3,(H,12,14). The predicted molar refractivity (Wildman–Crippen MR) is 53.1 cm³/mol. The summed E-state index contributed by atoms with van der Waals surface area (Å²) >= 11 is 0. The van der Waals surface area contributed by atoms with Gasteiger partial charge in [0.2, 0.25) is 11.8 Å². The number of carbonyl (C=O) groups excluding carboxylic acids is 1. The Balaban J connectivity index is 1.81. The minimum absolute atomic E-state index is 0.0226. The lowest BCUT2D eigenvalue weighted by Gasteiger charge is -2.10. The molecule has 1 aliphatic rings. The second kappa shape index (κ2) is 4.42. The zero-order chi connectivity index (χ0) is 10.7. The number of nitrogens with zero attached hydrogens (tertiary/aromatic N) is 2. The summed E-state index contributed by atoms with van der Waals surface area (Å²) in [5, 5.41) is 6.61. The summed E-state index contributed by atoms with van der Waals surface area (Å²) in [4.78, 5) is 15.5. The van der Waals surface area contributed by atoms with E-state index in [2.05, 4.69) is 15.5 Å². The maximum Gasteiger partial charge on any atom is 0.236 e. The largest absolute Gasteiger partial charge is 0.353 e. The molecule has 0 unspecified atom stereocenters. The second-order valence-corrected chi connectivity index (χ2v) is 3.96. The Bertz CT molecular complexity index is 342. The topological polar surface area (TPSA) is 68.0 Å². The lowest BCUT2D eigenvalue weighted by atomic mass is 10.2. The van der Waals surface area contributed by atoms with Gasteiger partial charge in [-0.05, 0) is 19.8 Å². The van der Waals surface area contributed by atoms with Crippen LogP contribution in [0.2, 0.25) is 0 Å². The summed E-state index contributed by atoms with van der Waals surface area (Å²) in [6.45, 7) is 1.74. The highest BCUT2D eigenvalue weighted by molar-refractivity contribution is 5.77. The molecule has 0 radical (unpaired) electrons. The summed E-state index contributed by atoms with van der Waals surface area (Å²) in [6, 6.07) is 0.349. The van der Waals surface area contributed by atoms with Crippen molar-refractivity contribution in [3.8, 4) is 0 Å². The van der Waals surface area contributed by atoms with Gasteiger partial charge >= 0.3 is 0 Å². The van der Waals surface area contributed by atoms with Crippen molar-refractivity contribution in [2.75, 3.05) is 0 Å². The minimum Gasteiger partial charge on any atom is -0.353 e. The Morgan fingerprint density at radius 3 is 2.87 bits per heavy atom. The maximum atomic E-state index is 11.5. The fraction of sp³-hybridized carbons (Fsp3) is 0.700. The van der Waals surface area contributed by atoms with Crippen molar-refractivity contribution < 1.29 is 9.32 Å². The van der Waals surface area contributed by atoms with Crippen LogP contribution < -0.4 is 5.32 Å². The summed E-state index contributed by atoms with van der Waals surface area (Å²) < 4.78 is 4.88. The highest BCUT2D eigenvalue weighted by Gasteiger charge is 2.18. The van der Waals surface area contributed by atoms with Gasteiger partial charge in [-0.1, -0.05) is 18.0 Å². The molecular weight excluding hydrogens is 194 g/mol. The maximum absolute atomic E-state index is 11.5. The van der Waals surface area contributed by atoms with Crippen molar-refractivity contribution >= 4 is 5.91 Å². The van der Waals surface area contributed by atoms with E-state index >= 15 is 0 Å². The molecule has 82 valence electrons. The molecule has 5 nitrogen and oxygen atoms in total. The van der Waals surface area contributed by atoms with Crippen LogP contribution in [0.25, 0.3) is 0 Å². The van der Waals surface area contributed by atoms with Crippen LogP contribution in [0.15, 0.2) is 4.52 Å². The Morgan fingerprint density at radius 1 is 1.53 bits per heavy atom. The number of hydrogen-bond acceptors (Lipinski definition) is 4. The number of hydrogen-bond donors (Lipinski definition) is 1. The van der Waals surface area contributed by atoms with Crippen molar-refractivity contribution in [3.63, 3.8) is 0 Å². The molecule has 1 aliphatic carbocycles. The third kappa shape index (κ3) is 2.78. The quantitative estimate of drug-likeness (QED) is 0.805. The fourth-order valence-electron chi connectivity index (χ4n) is 1.90. The van der Waals surface area contributed by atoms with Crippen molar-refractivity contribution in [2.45, 2.75) is 45.1 Å².